The molecule has 1 aromatic carbocycles. The van der Waals surface area contributed by atoms with E-state index in [1.165, 1.54) is 10.5 Å². The van der Waals surface area contributed by atoms with Gasteiger partial charge >= 0.3 is 0 Å². The topological polar surface area (TPSA) is 66.1 Å². The van der Waals surface area contributed by atoms with Gasteiger partial charge in [0.15, 0.2) is 0 Å². The molecule has 20 heavy (non-hydrogen) atoms. The summed E-state index contributed by atoms with van der Waals surface area (Å²) in [7, 11) is -3.57. The molecule has 0 unspecified atom stereocenters. The number of hydrogen-bond acceptors (Lipinski definition) is 3. The van der Waals surface area contributed by atoms with Gasteiger partial charge in [-0.05, 0) is 25.5 Å². The van der Waals surface area contributed by atoms with Gasteiger partial charge in [-0.3, -0.25) is 9.40 Å². The molecule has 5 nitrogen and oxygen atoms in total. The fourth-order valence-electron chi connectivity index (χ4n) is 2.00. The van der Waals surface area contributed by atoms with E-state index >= 15 is 0 Å². The third-order valence-electron chi connectivity index (χ3n) is 3.11. The second-order valence-corrected chi connectivity index (χ2v) is 6.46. The number of sulfonamides is 1. The normalized spacial score (nSPS) is 11.5. The minimum atomic E-state index is -3.57. The van der Waals surface area contributed by atoms with E-state index in [1.807, 2.05) is 37.3 Å². The molecule has 0 radical (unpaired) electrons. The summed E-state index contributed by atoms with van der Waals surface area (Å²) in [6.45, 7) is 4.22. The number of aromatic nitrogens is 2. The first-order chi connectivity index (χ1) is 9.57. The van der Waals surface area contributed by atoms with Crippen LogP contribution in [0.25, 0.3) is 0 Å². The predicted molar refractivity (Wildman–Crippen MR) is 79.2 cm³/mol. The van der Waals surface area contributed by atoms with E-state index in [4.69, 9.17) is 0 Å². The lowest BCUT2D eigenvalue weighted by Gasteiger charge is -2.24. The van der Waals surface area contributed by atoms with Crippen molar-refractivity contribution >= 4 is 15.7 Å². The summed E-state index contributed by atoms with van der Waals surface area (Å²) in [6, 6.07) is 9.17. The molecule has 2 aromatic rings. The number of benzene rings is 1. The minimum Gasteiger partial charge on any atom is -0.281 e. The van der Waals surface area contributed by atoms with Crippen LogP contribution in [-0.2, 0) is 10.0 Å². The van der Waals surface area contributed by atoms with E-state index in [2.05, 4.69) is 10.2 Å². The first-order valence-electron chi connectivity index (χ1n) is 6.65. The van der Waals surface area contributed by atoms with Crippen molar-refractivity contribution in [3.05, 3.63) is 42.2 Å². The SMILES string of the molecule is CCCCN(c1ccccc1)S(=O)(=O)c1cn[nH]c1C. The van der Waals surface area contributed by atoms with Crippen molar-refractivity contribution < 1.29 is 8.42 Å². The lowest BCUT2D eigenvalue weighted by Crippen LogP contribution is -2.32. The predicted octanol–water partition coefficient (Wildman–Crippen LogP) is 2.71. The molecule has 2 rings (SSSR count). The number of aryl methyl sites for hydroxylation is 1. The minimum absolute atomic E-state index is 0.234. The van der Waals surface area contributed by atoms with Crippen LogP contribution in [0, 0.1) is 6.92 Å². The number of unbranched alkanes of at least 4 members (excludes halogenated alkanes) is 1. The van der Waals surface area contributed by atoms with Crippen LogP contribution >= 0.6 is 0 Å². The van der Waals surface area contributed by atoms with Crippen LogP contribution in [-0.4, -0.2) is 25.2 Å². The first-order valence-corrected chi connectivity index (χ1v) is 8.09. The van der Waals surface area contributed by atoms with Crippen molar-refractivity contribution in [1.82, 2.24) is 10.2 Å². The molecule has 0 fully saturated rings. The van der Waals surface area contributed by atoms with Gasteiger partial charge in [0.1, 0.15) is 4.90 Å². The van der Waals surface area contributed by atoms with Crippen LogP contribution in [0.3, 0.4) is 0 Å². The third kappa shape index (κ3) is 2.85. The summed E-state index contributed by atoms with van der Waals surface area (Å²) in [5.41, 5.74) is 1.24. The molecule has 0 saturated carbocycles. The second kappa shape index (κ2) is 6.09. The third-order valence-corrected chi connectivity index (χ3v) is 5.05. The van der Waals surface area contributed by atoms with E-state index in [1.54, 1.807) is 6.92 Å². The smallest absolute Gasteiger partial charge is 0.267 e. The van der Waals surface area contributed by atoms with Crippen LogP contribution in [0.15, 0.2) is 41.4 Å². The van der Waals surface area contributed by atoms with Crippen molar-refractivity contribution in [2.75, 3.05) is 10.8 Å². The summed E-state index contributed by atoms with van der Waals surface area (Å²) >= 11 is 0. The van der Waals surface area contributed by atoms with Crippen molar-refractivity contribution in [3.63, 3.8) is 0 Å². The maximum absolute atomic E-state index is 12.8. The molecule has 6 heteroatoms. The molecule has 0 saturated heterocycles. The highest BCUT2D eigenvalue weighted by molar-refractivity contribution is 7.92. The highest BCUT2D eigenvalue weighted by atomic mass is 32.2. The number of para-hydroxylation sites is 1. The maximum Gasteiger partial charge on any atom is 0.267 e. The molecule has 0 aliphatic heterocycles. The van der Waals surface area contributed by atoms with Crippen molar-refractivity contribution in [1.29, 1.82) is 0 Å². The number of nitrogens with zero attached hydrogens (tertiary/aromatic N) is 2. The Kier molecular flexibility index (Phi) is 4.44. The van der Waals surface area contributed by atoms with Crippen molar-refractivity contribution in [2.24, 2.45) is 0 Å². The van der Waals surface area contributed by atoms with Gasteiger partial charge in [-0.2, -0.15) is 5.10 Å². The monoisotopic (exact) mass is 293 g/mol. The Hall–Kier alpha value is -1.82. The van der Waals surface area contributed by atoms with Crippen molar-refractivity contribution in [3.8, 4) is 0 Å². The quantitative estimate of drug-likeness (QED) is 0.890. The highest BCUT2D eigenvalue weighted by Crippen LogP contribution is 2.24. The number of H-pyrrole nitrogens is 1. The Morgan fingerprint density at radius 3 is 2.50 bits per heavy atom. The molecule has 1 heterocycles. The maximum atomic E-state index is 12.8. The molecule has 0 amide bonds. The highest BCUT2D eigenvalue weighted by Gasteiger charge is 2.27. The summed E-state index contributed by atoms with van der Waals surface area (Å²) in [6.07, 6.45) is 3.11. The Labute approximate surface area is 119 Å². The van der Waals surface area contributed by atoms with E-state index in [0.29, 0.717) is 17.9 Å². The standard InChI is InChI=1S/C14H19N3O2S/c1-3-4-10-17(13-8-6-5-7-9-13)20(18,19)14-11-15-16-12(14)2/h5-9,11H,3-4,10H2,1-2H3,(H,15,16). The number of hydrogen-bond donors (Lipinski definition) is 1. The molecule has 1 N–H and O–H groups in total. The summed E-state index contributed by atoms with van der Waals surface area (Å²) in [5.74, 6) is 0. The molecule has 0 bridgehead atoms. The Morgan fingerprint density at radius 1 is 1.25 bits per heavy atom. The van der Waals surface area contributed by atoms with Crippen LogP contribution in [0.2, 0.25) is 0 Å². The molecule has 0 atom stereocenters. The largest absolute Gasteiger partial charge is 0.281 e. The van der Waals surface area contributed by atoms with Gasteiger partial charge in [-0.1, -0.05) is 31.5 Å². The average molecular weight is 293 g/mol. The second-order valence-electron chi connectivity index (χ2n) is 4.63. The van der Waals surface area contributed by atoms with Gasteiger partial charge in [0.25, 0.3) is 10.0 Å². The fraction of sp³-hybridized carbons (Fsp3) is 0.357. The summed E-state index contributed by atoms with van der Waals surface area (Å²) < 4.78 is 27.0. The number of rotatable bonds is 6. The van der Waals surface area contributed by atoms with Gasteiger partial charge in [-0.25, -0.2) is 8.42 Å². The molecular weight excluding hydrogens is 274 g/mol. The Morgan fingerprint density at radius 2 is 1.95 bits per heavy atom. The van der Waals surface area contributed by atoms with Crippen LogP contribution in [0.4, 0.5) is 5.69 Å². The molecule has 0 aliphatic rings. The molecule has 108 valence electrons. The van der Waals surface area contributed by atoms with Crippen molar-refractivity contribution in [2.45, 2.75) is 31.6 Å². The Bertz CT molecular complexity index is 650. The van der Waals surface area contributed by atoms with Crippen LogP contribution < -0.4 is 4.31 Å². The zero-order valence-corrected chi connectivity index (χ0v) is 12.5. The van der Waals surface area contributed by atoms with E-state index in [-0.39, 0.29) is 4.90 Å². The van der Waals surface area contributed by atoms with Gasteiger partial charge in [0, 0.05) is 6.54 Å². The average Bonchev–Trinajstić information content (AvgIpc) is 2.87. The lowest BCUT2D eigenvalue weighted by atomic mass is 10.3. The zero-order chi connectivity index (χ0) is 14.6. The lowest BCUT2D eigenvalue weighted by molar-refractivity contribution is 0.588. The fourth-order valence-corrected chi connectivity index (χ4v) is 3.63. The Balaban J connectivity index is 2.44. The van der Waals surface area contributed by atoms with Gasteiger partial charge in [0.05, 0.1) is 17.6 Å². The molecule has 0 aliphatic carbocycles. The molecule has 0 spiro atoms. The molecule has 1 aromatic heterocycles. The molecular formula is C14H19N3O2S. The van der Waals surface area contributed by atoms with Gasteiger partial charge in [0.2, 0.25) is 0 Å². The zero-order valence-electron chi connectivity index (χ0n) is 11.7. The van der Waals surface area contributed by atoms with Crippen LogP contribution in [0.1, 0.15) is 25.5 Å². The van der Waals surface area contributed by atoms with E-state index in [0.717, 1.165) is 12.8 Å². The summed E-state index contributed by atoms with van der Waals surface area (Å²) in [4.78, 5) is 0.234. The number of anilines is 1. The summed E-state index contributed by atoms with van der Waals surface area (Å²) in [5, 5.41) is 6.49. The van der Waals surface area contributed by atoms with Crippen LogP contribution in [0.5, 0.6) is 0 Å². The van der Waals surface area contributed by atoms with Gasteiger partial charge < -0.3 is 0 Å². The van der Waals surface area contributed by atoms with E-state index in [9.17, 15) is 8.42 Å². The van der Waals surface area contributed by atoms with Gasteiger partial charge in [-0.15, -0.1) is 0 Å². The van der Waals surface area contributed by atoms with E-state index < -0.39 is 10.0 Å². The first kappa shape index (κ1) is 14.6. The number of aromatic amines is 1. The number of nitrogens with one attached hydrogen (secondary N) is 1.